The summed E-state index contributed by atoms with van der Waals surface area (Å²) in [6, 6.07) is 6.89. The summed E-state index contributed by atoms with van der Waals surface area (Å²) in [7, 11) is 0. The minimum atomic E-state index is -0.205. The molecule has 15 heavy (non-hydrogen) atoms. The summed E-state index contributed by atoms with van der Waals surface area (Å²) in [6.45, 7) is 4.94. The van der Waals surface area contributed by atoms with Crippen LogP contribution in [-0.4, -0.2) is 18.7 Å². The molecule has 0 aliphatic carbocycles. The first-order chi connectivity index (χ1) is 7.16. The van der Waals surface area contributed by atoms with Crippen LogP contribution in [0.4, 0.5) is 4.39 Å². The van der Waals surface area contributed by atoms with E-state index in [-0.39, 0.29) is 18.0 Å². The van der Waals surface area contributed by atoms with Crippen LogP contribution < -0.4 is 5.32 Å². The van der Waals surface area contributed by atoms with Gasteiger partial charge in [-0.25, -0.2) is 4.39 Å². The van der Waals surface area contributed by atoms with E-state index in [4.69, 9.17) is 4.74 Å². The lowest BCUT2D eigenvalue weighted by molar-refractivity contribution is -0.0509. The third kappa shape index (κ3) is 2.36. The maximum atomic E-state index is 12.7. The van der Waals surface area contributed by atoms with E-state index in [9.17, 15) is 4.39 Å². The van der Waals surface area contributed by atoms with Crippen LogP contribution in [0.3, 0.4) is 0 Å². The second-order valence-corrected chi connectivity index (χ2v) is 4.08. The molecule has 0 amide bonds. The first kappa shape index (κ1) is 10.6. The molecule has 0 spiro atoms. The lowest BCUT2D eigenvalue weighted by Crippen LogP contribution is -2.46. The van der Waals surface area contributed by atoms with Crippen molar-refractivity contribution in [2.75, 3.05) is 6.54 Å². The summed E-state index contributed by atoms with van der Waals surface area (Å²) in [5, 5.41) is 3.38. The molecule has 0 bridgehead atoms. The van der Waals surface area contributed by atoms with Gasteiger partial charge in [0, 0.05) is 12.6 Å². The monoisotopic (exact) mass is 209 g/mol. The van der Waals surface area contributed by atoms with Crippen LogP contribution in [0.2, 0.25) is 0 Å². The number of rotatable bonds is 1. The highest BCUT2D eigenvalue weighted by Crippen LogP contribution is 2.23. The predicted octanol–water partition coefficient (Wildman–Crippen LogP) is 2.26. The average molecular weight is 209 g/mol. The van der Waals surface area contributed by atoms with Gasteiger partial charge >= 0.3 is 0 Å². The van der Waals surface area contributed by atoms with Crippen molar-refractivity contribution in [1.29, 1.82) is 0 Å². The lowest BCUT2D eigenvalue weighted by Gasteiger charge is -2.34. The molecule has 0 radical (unpaired) electrons. The Morgan fingerprint density at radius 2 is 1.93 bits per heavy atom. The standard InChI is InChI=1S/C12H16FNO/c1-8-9(2)15-12(7-14-8)10-3-5-11(13)6-4-10/h3-6,8-9,12,14H,7H2,1-2H3. The zero-order valence-corrected chi connectivity index (χ0v) is 9.03. The van der Waals surface area contributed by atoms with Gasteiger partial charge in [-0.05, 0) is 31.5 Å². The van der Waals surface area contributed by atoms with Crippen molar-refractivity contribution in [3.05, 3.63) is 35.6 Å². The van der Waals surface area contributed by atoms with Crippen molar-refractivity contribution in [1.82, 2.24) is 5.32 Å². The van der Waals surface area contributed by atoms with Crippen LogP contribution in [0.1, 0.15) is 25.5 Å². The van der Waals surface area contributed by atoms with E-state index in [1.165, 1.54) is 12.1 Å². The van der Waals surface area contributed by atoms with Crippen LogP contribution in [-0.2, 0) is 4.74 Å². The van der Waals surface area contributed by atoms with Gasteiger partial charge in [0.25, 0.3) is 0 Å². The summed E-state index contributed by atoms with van der Waals surface area (Å²) >= 11 is 0. The third-order valence-corrected chi connectivity index (χ3v) is 2.95. The summed E-state index contributed by atoms with van der Waals surface area (Å²) in [5.41, 5.74) is 1.03. The minimum Gasteiger partial charge on any atom is -0.368 e. The number of halogens is 1. The Bertz CT molecular complexity index is 325. The Morgan fingerprint density at radius 1 is 1.27 bits per heavy atom. The molecule has 3 unspecified atom stereocenters. The van der Waals surface area contributed by atoms with Crippen molar-refractivity contribution in [3.63, 3.8) is 0 Å². The number of hydrogen-bond donors (Lipinski definition) is 1. The average Bonchev–Trinajstić information content (AvgIpc) is 2.23. The molecule has 3 heteroatoms. The molecule has 1 aliphatic rings. The molecule has 0 saturated carbocycles. The molecular weight excluding hydrogens is 193 g/mol. The smallest absolute Gasteiger partial charge is 0.123 e. The number of hydrogen-bond acceptors (Lipinski definition) is 2. The van der Waals surface area contributed by atoms with E-state index in [1.54, 1.807) is 12.1 Å². The third-order valence-electron chi connectivity index (χ3n) is 2.95. The second kappa shape index (κ2) is 4.29. The highest BCUT2D eigenvalue weighted by molar-refractivity contribution is 5.19. The van der Waals surface area contributed by atoms with Gasteiger partial charge < -0.3 is 10.1 Å². The van der Waals surface area contributed by atoms with Gasteiger partial charge in [-0.1, -0.05) is 12.1 Å². The fourth-order valence-electron chi connectivity index (χ4n) is 1.76. The van der Waals surface area contributed by atoms with E-state index < -0.39 is 0 Å². The van der Waals surface area contributed by atoms with Crippen molar-refractivity contribution in [3.8, 4) is 0 Å². The molecule has 82 valence electrons. The zero-order valence-electron chi connectivity index (χ0n) is 9.03. The summed E-state index contributed by atoms with van der Waals surface area (Å²) < 4.78 is 18.6. The summed E-state index contributed by atoms with van der Waals surface area (Å²) in [5.74, 6) is -0.205. The first-order valence-corrected chi connectivity index (χ1v) is 5.31. The van der Waals surface area contributed by atoms with Crippen LogP contribution in [0.5, 0.6) is 0 Å². The highest BCUT2D eigenvalue weighted by Gasteiger charge is 2.25. The molecule has 1 saturated heterocycles. The van der Waals surface area contributed by atoms with Gasteiger partial charge in [0.1, 0.15) is 5.82 Å². The Balaban J connectivity index is 2.08. The molecule has 2 rings (SSSR count). The maximum Gasteiger partial charge on any atom is 0.123 e. The molecule has 3 atom stereocenters. The Kier molecular flexibility index (Phi) is 3.03. The topological polar surface area (TPSA) is 21.3 Å². The second-order valence-electron chi connectivity index (χ2n) is 4.08. The van der Waals surface area contributed by atoms with Gasteiger partial charge in [-0.3, -0.25) is 0 Å². The normalized spacial score (nSPS) is 31.5. The molecule has 0 aromatic heterocycles. The molecule has 1 N–H and O–H groups in total. The van der Waals surface area contributed by atoms with Crippen molar-refractivity contribution in [2.45, 2.75) is 32.1 Å². The first-order valence-electron chi connectivity index (χ1n) is 5.31. The number of benzene rings is 1. The number of ether oxygens (including phenoxy) is 1. The predicted molar refractivity (Wildman–Crippen MR) is 57.2 cm³/mol. The van der Waals surface area contributed by atoms with Gasteiger partial charge in [0.2, 0.25) is 0 Å². The number of morpholine rings is 1. The SMILES string of the molecule is CC1NCC(c2ccc(F)cc2)OC1C. The van der Waals surface area contributed by atoms with Gasteiger partial charge in [-0.15, -0.1) is 0 Å². The van der Waals surface area contributed by atoms with Crippen molar-refractivity contribution < 1.29 is 9.13 Å². The fraction of sp³-hybridized carbons (Fsp3) is 0.500. The van der Waals surface area contributed by atoms with E-state index in [1.807, 2.05) is 6.92 Å². The highest BCUT2D eigenvalue weighted by atomic mass is 19.1. The van der Waals surface area contributed by atoms with E-state index in [0.29, 0.717) is 6.04 Å². The Labute approximate surface area is 89.4 Å². The summed E-state index contributed by atoms with van der Waals surface area (Å²) in [6.07, 6.45) is 0.227. The lowest BCUT2D eigenvalue weighted by atomic mass is 10.1. The van der Waals surface area contributed by atoms with Crippen molar-refractivity contribution in [2.24, 2.45) is 0 Å². The van der Waals surface area contributed by atoms with Crippen LogP contribution >= 0.6 is 0 Å². The molecule has 2 nitrogen and oxygen atoms in total. The summed E-state index contributed by atoms with van der Waals surface area (Å²) in [4.78, 5) is 0. The molecule has 1 heterocycles. The van der Waals surface area contributed by atoms with Crippen LogP contribution in [0, 0.1) is 5.82 Å². The quantitative estimate of drug-likeness (QED) is 0.766. The molecule has 1 fully saturated rings. The molecule has 1 aromatic rings. The largest absolute Gasteiger partial charge is 0.368 e. The molecule has 1 aromatic carbocycles. The maximum absolute atomic E-state index is 12.7. The van der Waals surface area contributed by atoms with Crippen molar-refractivity contribution >= 4 is 0 Å². The van der Waals surface area contributed by atoms with E-state index >= 15 is 0 Å². The van der Waals surface area contributed by atoms with Crippen LogP contribution in [0.25, 0.3) is 0 Å². The minimum absolute atomic E-state index is 0.0387. The fourth-order valence-corrected chi connectivity index (χ4v) is 1.76. The Hall–Kier alpha value is -0.930. The van der Waals surface area contributed by atoms with Crippen LogP contribution in [0.15, 0.2) is 24.3 Å². The van der Waals surface area contributed by atoms with Gasteiger partial charge in [0.05, 0.1) is 12.2 Å². The molecular formula is C12H16FNO. The molecule has 1 aliphatic heterocycles. The Morgan fingerprint density at radius 3 is 2.53 bits per heavy atom. The van der Waals surface area contributed by atoms with E-state index in [0.717, 1.165) is 12.1 Å². The zero-order chi connectivity index (χ0) is 10.8. The number of nitrogens with one attached hydrogen (secondary N) is 1. The van der Waals surface area contributed by atoms with Gasteiger partial charge in [0.15, 0.2) is 0 Å². The van der Waals surface area contributed by atoms with E-state index in [2.05, 4.69) is 12.2 Å². The van der Waals surface area contributed by atoms with Gasteiger partial charge in [-0.2, -0.15) is 0 Å².